The minimum Gasteiger partial charge on any atom is -0.492 e. The van der Waals surface area contributed by atoms with Gasteiger partial charge in [0, 0.05) is 20.0 Å². The minimum absolute atomic E-state index is 0. The van der Waals surface area contributed by atoms with Crippen LogP contribution >= 0.6 is 24.0 Å². The van der Waals surface area contributed by atoms with E-state index in [4.69, 9.17) is 9.15 Å². The van der Waals surface area contributed by atoms with E-state index in [9.17, 15) is 0 Å². The summed E-state index contributed by atoms with van der Waals surface area (Å²) in [5.41, 5.74) is 1.20. The topological polar surface area (TPSA) is 58.8 Å². The summed E-state index contributed by atoms with van der Waals surface area (Å²) in [7, 11) is 1.75. The molecule has 23 heavy (non-hydrogen) atoms. The smallest absolute Gasteiger partial charge is 0.191 e. The summed E-state index contributed by atoms with van der Waals surface area (Å²) in [6.07, 6.45) is 2.51. The Balaban J connectivity index is 0.00000264. The van der Waals surface area contributed by atoms with E-state index >= 15 is 0 Å². The molecule has 0 radical (unpaired) electrons. The van der Waals surface area contributed by atoms with Gasteiger partial charge in [-0.2, -0.15) is 0 Å². The van der Waals surface area contributed by atoms with Crippen LogP contribution < -0.4 is 15.4 Å². The molecule has 0 spiro atoms. The first kappa shape index (κ1) is 19.3. The molecule has 1 aromatic heterocycles. The van der Waals surface area contributed by atoms with Crippen molar-refractivity contribution in [1.29, 1.82) is 0 Å². The van der Waals surface area contributed by atoms with Gasteiger partial charge >= 0.3 is 0 Å². The first-order valence-electron chi connectivity index (χ1n) is 7.44. The van der Waals surface area contributed by atoms with E-state index < -0.39 is 0 Å². The molecule has 0 aliphatic heterocycles. The fourth-order valence-corrected chi connectivity index (χ4v) is 2.02. The highest BCUT2D eigenvalue weighted by Crippen LogP contribution is 2.11. The summed E-state index contributed by atoms with van der Waals surface area (Å²) in [6.45, 7) is 4.10. The summed E-state index contributed by atoms with van der Waals surface area (Å²) >= 11 is 0. The maximum Gasteiger partial charge on any atom is 0.191 e. The highest BCUT2D eigenvalue weighted by molar-refractivity contribution is 14.0. The molecule has 6 heteroatoms. The number of guanidine groups is 1. The molecule has 0 atom stereocenters. The molecule has 0 aliphatic carbocycles. The number of halogens is 1. The van der Waals surface area contributed by atoms with Crippen LogP contribution in [0.3, 0.4) is 0 Å². The van der Waals surface area contributed by atoms with Crippen LogP contribution in [-0.2, 0) is 6.42 Å². The first-order chi connectivity index (χ1) is 10.8. The lowest BCUT2D eigenvalue weighted by molar-refractivity contribution is 0.321. The Kier molecular flexibility index (Phi) is 9.20. The maximum atomic E-state index is 5.68. The van der Waals surface area contributed by atoms with Crippen LogP contribution in [0.5, 0.6) is 5.75 Å². The van der Waals surface area contributed by atoms with Crippen LogP contribution in [-0.4, -0.2) is 32.7 Å². The van der Waals surface area contributed by atoms with Crippen LogP contribution in [0.4, 0.5) is 0 Å². The second kappa shape index (κ2) is 10.9. The van der Waals surface area contributed by atoms with E-state index in [0.29, 0.717) is 13.2 Å². The summed E-state index contributed by atoms with van der Waals surface area (Å²) < 4.78 is 11.0. The van der Waals surface area contributed by atoms with Crippen LogP contribution in [0, 0.1) is 6.92 Å². The number of aliphatic imine (C=N–C) groups is 1. The molecule has 0 saturated carbocycles. The van der Waals surface area contributed by atoms with Crippen molar-refractivity contribution in [1.82, 2.24) is 10.6 Å². The Bertz CT molecular complexity index is 585. The summed E-state index contributed by atoms with van der Waals surface area (Å²) in [6, 6.07) is 11.9. The molecular formula is C17H24IN3O2. The van der Waals surface area contributed by atoms with Crippen molar-refractivity contribution in [2.75, 3.05) is 26.7 Å². The molecule has 0 bridgehead atoms. The zero-order valence-electron chi connectivity index (χ0n) is 13.5. The van der Waals surface area contributed by atoms with Crippen LogP contribution in [0.15, 0.2) is 52.1 Å². The largest absolute Gasteiger partial charge is 0.492 e. The average Bonchev–Trinajstić information content (AvgIpc) is 3.03. The second-order valence-corrected chi connectivity index (χ2v) is 4.92. The Morgan fingerprint density at radius 2 is 2.00 bits per heavy atom. The van der Waals surface area contributed by atoms with E-state index in [-0.39, 0.29) is 24.0 Å². The molecule has 0 amide bonds. The monoisotopic (exact) mass is 429 g/mol. The number of furan rings is 1. The molecule has 1 aromatic carbocycles. The number of ether oxygens (including phenoxy) is 1. The van der Waals surface area contributed by atoms with Crippen molar-refractivity contribution in [3.8, 4) is 5.75 Å². The van der Waals surface area contributed by atoms with Crippen LogP contribution in [0.2, 0.25) is 0 Å². The Morgan fingerprint density at radius 3 is 2.70 bits per heavy atom. The number of nitrogens with one attached hydrogen (secondary N) is 2. The summed E-state index contributed by atoms with van der Waals surface area (Å²) in [5, 5.41) is 6.46. The van der Waals surface area contributed by atoms with Crippen LogP contribution in [0.25, 0.3) is 0 Å². The third-order valence-electron chi connectivity index (χ3n) is 3.12. The third kappa shape index (κ3) is 7.40. The second-order valence-electron chi connectivity index (χ2n) is 4.92. The molecule has 5 nitrogen and oxygen atoms in total. The van der Waals surface area contributed by atoms with Crippen LogP contribution in [0.1, 0.15) is 11.3 Å². The standard InChI is InChI=1S/C17H23N3O2.HI/c1-14-5-3-6-16(13-14)22-12-10-20-17(18-2)19-9-8-15-7-4-11-21-15;/h3-7,11,13H,8-10,12H2,1-2H3,(H2,18,19,20);1H. The van der Waals surface area contributed by atoms with E-state index in [1.807, 2.05) is 30.3 Å². The van der Waals surface area contributed by atoms with E-state index in [2.05, 4.69) is 28.6 Å². The van der Waals surface area contributed by atoms with E-state index in [1.165, 1.54) is 5.56 Å². The van der Waals surface area contributed by atoms with Gasteiger partial charge in [0.2, 0.25) is 0 Å². The van der Waals surface area contributed by atoms with Gasteiger partial charge in [-0.3, -0.25) is 4.99 Å². The Hall–Kier alpha value is -1.70. The Morgan fingerprint density at radius 1 is 1.17 bits per heavy atom. The van der Waals surface area contributed by atoms with Gasteiger partial charge in [0.05, 0.1) is 12.8 Å². The van der Waals surface area contributed by atoms with Crippen molar-refractivity contribution in [3.05, 3.63) is 54.0 Å². The first-order valence-corrected chi connectivity index (χ1v) is 7.44. The fraction of sp³-hybridized carbons (Fsp3) is 0.353. The highest BCUT2D eigenvalue weighted by Gasteiger charge is 1.99. The fourth-order valence-electron chi connectivity index (χ4n) is 2.02. The molecule has 2 aromatic rings. The van der Waals surface area contributed by atoms with Gasteiger partial charge in [0.15, 0.2) is 5.96 Å². The van der Waals surface area contributed by atoms with Gasteiger partial charge in [0.25, 0.3) is 0 Å². The number of nitrogens with zero attached hydrogens (tertiary/aromatic N) is 1. The molecule has 2 N–H and O–H groups in total. The van der Waals surface area contributed by atoms with Crippen molar-refractivity contribution >= 4 is 29.9 Å². The predicted octanol–water partition coefficient (Wildman–Crippen LogP) is 2.99. The van der Waals surface area contributed by atoms with Crippen molar-refractivity contribution in [2.24, 2.45) is 4.99 Å². The SMILES string of the molecule is CN=C(NCCOc1cccc(C)c1)NCCc1ccco1.I. The molecule has 2 rings (SSSR count). The van der Waals surface area contributed by atoms with E-state index in [1.54, 1.807) is 13.3 Å². The van der Waals surface area contributed by atoms with Gasteiger partial charge in [-0.25, -0.2) is 0 Å². The normalized spacial score (nSPS) is 10.8. The van der Waals surface area contributed by atoms with Crippen molar-refractivity contribution in [2.45, 2.75) is 13.3 Å². The lowest BCUT2D eigenvalue weighted by atomic mass is 10.2. The average molecular weight is 429 g/mol. The van der Waals surface area contributed by atoms with Gasteiger partial charge < -0.3 is 19.8 Å². The molecule has 0 aliphatic rings. The zero-order chi connectivity index (χ0) is 15.6. The summed E-state index contributed by atoms with van der Waals surface area (Å²) in [4.78, 5) is 4.17. The quantitative estimate of drug-likeness (QED) is 0.308. The number of aryl methyl sites for hydroxylation is 1. The molecule has 1 heterocycles. The highest BCUT2D eigenvalue weighted by atomic mass is 127. The van der Waals surface area contributed by atoms with Gasteiger partial charge in [0.1, 0.15) is 18.1 Å². The van der Waals surface area contributed by atoms with Crippen molar-refractivity contribution in [3.63, 3.8) is 0 Å². The minimum atomic E-state index is 0. The molecule has 0 saturated heterocycles. The van der Waals surface area contributed by atoms with Gasteiger partial charge in [-0.05, 0) is 36.8 Å². The maximum absolute atomic E-state index is 5.68. The molecule has 126 valence electrons. The number of hydrogen-bond donors (Lipinski definition) is 2. The molecule has 0 unspecified atom stereocenters. The third-order valence-corrected chi connectivity index (χ3v) is 3.12. The zero-order valence-corrected chi connectivity index (χ0v) is 15.9. The summed E-state index contributed by atoms with van der Waals surface area (Å²) in [5.74, 6) is 2.62. The predicted molar refractivity (Wildman–Crippen MR) is 104 cm³/mol. The lowest BCUT2D eigenvalue weighted by Gasteiger charge is -2.12. The molecule has 0 fully saturated rings. The van der Waals surface area contributed by atoms with Gasteiger partial charge in [-0.1, -0.05) is 12.1 Å². The number of hydrogen-bond acceptors (Lipinski definition) is 3. The number of rotatable bonds is 7. The van der Waals surface area contributed by atoms with Gasteiger partial charge in [-0.15, -0.1) is 24.0 Å². The number of benzene rings is 1. The van der Waals surface area contributed by atoms with E-state index in [0.717, 1.165) is 30.4 Å². The van der Waals surface area contributed by atoms with Crippen molar-refractivity contribution < 1.29 is 9.15 Å². The molecular weight excluding hydrogens is 405 g/mol. The Labute approximate surface area is 154 Å². The lowest BCUT2D eigenvalue weighted by Crippen LogP contribution is -2.40.